The molecule has 70 valence electrons. The van der Waals surface area contributed by atoms with Gasteiger partial charge in [-0.25, -0.2) is 0 Å². The Labute approximate surface area is 78.1 Å². The SMILES string of the molecule is CCCC(=O)OC1(C)CCCS1. The van der Waals surface area contributed by atoms with Crippen molar-refractivity contribution in [1.29, 1.82) is 0 Å². The summed E-state index contributed by atoms with van der Waals surface area (Å²) in [5.41, 5.74) is 0. The van der Waals surface area contributed by atoms with Crippen molar-refractivity contribution in [2.24, 2.45) is 0 Å². The fourth-order valence-electron chi connectivity index (χ4n) is 1.33. The van der Waals surface area contributed by atoms with Gasteiger partial charge in [0.1, 0.15) is 0 Å². The number of rotatable bonds is 3. The monoisotopic (exact) mass is 188 g/mol. The Morgan fingerprint density at radius 1 is 1.67 bits per heavy atom. The molecule has 1 fully saturated rings. The molecule has 3 heteroatoms. The third-order valence-electron chi connectivity index (χ3n) is 1.97. The van der Waals surface area contributed by atoms with Crippen molar-refractivity contribution in [1.82, 2.24) is 0 Å². The van der Waals surface area contributed by atoms with Crippen LogP contribution in [0.1, 0.15) is 39.5 Å². The van der Waals surface area contributed by atoms with Gasteiger partial charge in [-0.15, -0.1) is 11.8 Å². The molecule has 1 aliphatic rings. The van der Waals surface area contributed by atoms with Crippen LogP contribution in [0.5, 0.6) is 0 Å². The molecule has 0 aromatic rings. The van der Waals surface area contributed by atoms with Crippen LogP contribution in [0.3, 0.4) is 0 Å². The van der Waals surface area contributed by atoms with Crippen molar-refractivity contribution in [2.75, 3.05) is 5.75 Å². The van der Waals surface area contributed by atoms with Crippen LogP contribution >= 0.6 is 11.8 Å². The largest absolute Gasteiger partial charge is 0.448 e. The van der Waals surface area contributed by atoms with Crippen LogP contribution in [-0.4, -0.2) is 16.7 Å². The van der Waals surface area contributed by atoms with E-state index >= 15 is 0 Å². The van der Waals surface area contributed by atoms with Crippen molar-refractivity contribution in [3.05, 3.63) is 0 Å². The molecule has 2 nitrogen and oxygen atoms in total. The zero-order valence-electron chi connectivity index (χ0n) is 7.76. The summed E-state index contributed by atoms with van der Waals surface area (Å²) in [6, 6.07) is 0. The maximum Gasteiger partial charge on any atom is 0.307 e. The van der Waals surface area contributed by atoms with Gasteiger partial charge < -0.3 is 4.74 Å². The van der Waals surface area contributed by atoms with Crippen molar-refractivity contribution < 1.29 is 9.53 Å². The Bertz CT molecular complexity index is 162. The number of carbonyl (C=O) groups excluding carboxylic acids is 1. The van der Waals surface area contributed by atoms with Gasteiger partial charge in [0.05, 0.1) is 0 Å². The number of esters is 1. The summed E-state index contributed by atoms with van der Waals surface area (Å²) in [6.07, 6.45) is 3.60. The van der Waals surface area contributed by atoms with Gasteiger partial charge in [-0.1, -0.05) is 6.92 Å². The summed E-state index contributed by atoms with van der Waals surface area (Å²) in [6.45, 7) is 4.00. The molecule has 0 aromatic carbocycles. The maximum absolute atomic E-state index is 11.2. The van der Waals surface area contributed by atoms with Gasteiger partial charge in [-0.3, -0.25) is 4.79 Å². The second-order valence-electron chi connectivity index (χ2n) is 3.31. The minimum atomic E-state index is -0.216. The van der Waals surface area contributed by atoms with Crippen LogP contribution in [0.2, 0.25) is 0 Å². The van der Waals surface area contributed by atoms with E-state index in [1.54, 1.807) is 11.8 Å². The van der Waals surface area contributed by atoms with Gasteiger partial charge in [0.15, 0.2) is 4.93 Å². The normalized spacial score (nSPS) is 28.8. The molecule has 0 aliphatic carbocycles. The molecule has 0 amide bonds. The molecule has 1 atom stereocenters. The molecule has 1 heterocycles. The van der Waals surface area contributed by atoms with E-state index in [1.807, 2.05) is 13.8 Å². The summed E-state index contributed by atoms with van der Waals surface area (Å²) in [5, 5.41) is 0. The highest BCUT2D eigenvalue weighted by molar-refractivity contribution is 8.00. The predicted molar refractivity (Wildman–Crippen MR) is 51.1 cm³/mol. The number of thioether (sulfide) groups is 1. The first-order chi connectivity index (χ1) is 5.66. The van der Waals surface area contributed by atoms with Gasteiger partial charge in [-0.2, -0.15) is 0 Å². The third kappa shape index (κ3) is 2.70. The number of hydrogen-bond donors (Lipinski definition) is 0. The van der Waals surface area contributed by atoms with Crippen LogP contribution in [0.25, 0.3) is 0 Å². The lowest BCUT2D eigenvalue weighted by atomic mass is 10.2. The van der Waals surface area contributed by atoms with Crippen LogP contribution < -0.4 is 0 Å². The van der Waals surface area contributed by atoms with Crippen molar-refractivity contribution in [2.45, 2.75) is 44.5 Å². The fourth-order valence-corrected chi connectivity index (χ4v) is 2.49. The van der Waals surface area contributed by atoms with Crippen molar-refractivity contribution >= 4 is 17.7 Å². The Balaban J connectivity index is 2.33. The number of carbonyl (C=O) groups is 1. The highest BCUT2D eigenvalue weighted by Crippen LogP contribution is 2.38. The van der Waals surface area contributed by atoms with E-state index in [9.17, 15) is 4.79 Å². The van der Waals surface area contributed by atoms with Gasteiger partial charge in [0, 0.05) is 6.42 Å². The highest BCUT2D eigenvalue weighted by Gasteiger charge is 2.32. The molecule has 0 spiro atoms. The smallest absolute Gasteiger partial charge is 0.307 e. The van der Waals surface area contributed by atoms with E-state index < -0.39 is 0 Å². The van der Waals surface area contributed by atoms with E-state index in [-0.39, 0.29) is 10.9 Å². The highest BCUT2D eigenvalue weighted by atomic mass is 32.2. The van der Waals surface area contributed by atoms with Gasteiger partial charge in [0.25, 0.3) is 0 Å². The Morgan fingerprint density at radius 3 is 2.92 bits per heavy atom. The Morgan fingerprint density at radius 2 is 2.42 bits per heavy atom. The lowest BCUT2D eigenvalue weighted by Crippen LogP contribution is -2.24. The Hall–Kier alpha value is -0.180. The topological polar surface area (TPSA) is 26.3 Å². The average molecular weight is 188 g/mol. The second kappa shape index (κ2) is 4.17. The third-order valence-corrected chi connectivity index (χ3v) is 3.36. The maximum atomic E-state index is 11.2. The molecule has 1 unspecified atom stereocenters. The standard InChI is InChI=1S/C9H16O2S/c1-3-5-8(10)11-9(2)6-4-7-12-9/h3-7H2,1-2H3. The molecule has 1 aliphatic heterocycles. The summed E-state index contributed by atoms with van der Waals surface area (Å²) in [5.74, 6) is 1.07. The van der Waals surface area contributed by atoms with E-state index in [0.29, 0.717) is 6.42 Å². The average Bonchev–Trinajstić information content (AvgIpc) is 2.36. The lowest BCUT2D eigenvalue weighted by Gasteiger charge is -2.22. The van der Waals surface area contributed by atoms with Crippen LogP contribution in [-0.2, 0) is 9.53 Å². The minimum Gasteiger partial charge on any atom is -0.448 e. The molecule has 0 aromatic heterocycles. The van der Waals surface area contributed by atoms with Gasteiger partial charge in [-0.05, 0) is 31.9 Å². The van der Waals surface area contributed by atoms with Crippen LogP contribution in [0, 0.1) is 0 Å². The van der Waals surface area contributed by atoms with Gasteiger partial charge in [0.2, 0.25) is 0 Å². The van der Waals surface area contributed by atoms with E-state index in [2.05, 4.69) is 0 Å². The zero-order valence-corrected chi connectivity index (χ0v) is 8.58. The molecule has 1 rings (SSSR count). The second-order valence-corrected chi connectivity index (χ2v) is 4.87. The van der Waals surface area contributed by atoms with E-state index in [0.717, 1.165) is 18.6 Å². The quantitative estimate of drug-likeness (QED) is 0.637. The molecular formula is C9H16O2S. The first-order valence-corrected chi connectivity index (χ1v) is 5.50. The van der Waals surface area contributed by atoms with E-state index in [1.165, 1.54) is 6.42 Å². The molecule has 12 heavy (non-hydrogen) atoms. The zero-order chi connectivity index (χ0) is 9.03. The Kier molecular flexibility index (Phi) is 3.44. The first-order valence-electron chi connectivity index (χ1n) is 4.52. The lowest BCUT2D eigenvalue weighted by molar-refractivity contribution is -0.150. The minimum absolute atomic E-state index is 0.0469. The molecule has 0 radical (unpaired) electrons. The van der Waals surface area contributed by atoms with Crippen LogP contribution in [0.15, 0.2) is 0 Å². The van der Waals surface area contributed by atoms with Gasteiger partial charge >= 0.3 is 5.97 Å². The summed E-state index contributed by atoms with van der Waals surface area (Å²) < 4.78 is 5.36. The molecule has 0 saturated carbocycles. The molecule has 0 bridgehead atoms. The molecule has 0 N–H and O–H groups in total. The fraction of sp³-hybridized carbons (Fsp3) is 0.889. The van der Waals surface area contributed by atoms with Crippen molar-refractivity contribution in [3.63, 3.8) is 0 Å². The van der Waals surface area contributed by atoms with Crippen molar-refractivity contribution in [3.8, 4) is 0 Å². The number of hydrogen-bond acceptors (Lipinski definition) is 3. The van der Waals surface area contributed by atoms with E-state index in [4.69, 9.17) is 4.74 Å². The predicted octanol–water partition coefficient (Wildman–Crippen LogP) is 2.57. The first kappa shape index (κ1) is 9.90. The number of ether oxygens (including phenoxy) is 1. The summed E-state index contributed by atoms with van der Waals surface area (Å²) in [7, 11) is 0. The summed E-state index contributed by atoms with van der Waals surface area (Å²) >= 11 is 1.76. The van der Waals surface area contributed by atoms with Crippen LogP contribution in [0.4, 0.5) is 0 Å². The molecule has 1 saturated heterocycles. The molecular weight excluding hydrogens is 172 g/mol. The summed E-state index contributed by atoms with van der Waals surface area (Å²) in [4.78, 5) is 11.0.